The van der Waals surface area contributed by atoms with Crippen LogP contribution in [0.15, 0.2) is 41.6 Å². The highest BCUT2D eigenvalue weighted by Crippen LogP contribution is 2.26. The smallest absolute Gasteiger partial charge is 0.252 e. The molecule has 2 aromatic rings. The molecule has 0 aliphatic heterocycles. The molecular formula is C20H22N4O2S. The Balaban J connectivity index is 1.54. The Morgan fingerprint density at radius 1 is 1.26 bits per heavy atom. The van der Waals surface area contributed by atoms with Gasteiger partial charge in [-0.05, 0) is 43.6 Å². The summed E-state index contributed by atoms with van der Waals surface area (Å²) in [5.74, 6) is 1.20. The molecule has 1 saturated carbocycles. The predicted molar refractivity (Wildman–Crippen MR) is 104 cm³/mol. The van der Waals surface area contributed by atoms with Gasteiger partial charge in [-0.25, -0.2) is 9.97 Å². The molecule has 1 aromatic heterocycles. The summed E-state index contributed by atoms with van der Waals surface area (Å²) >= 11 is 1.68. The van der Waals surface area contributed by atoms with Crippen molar-refractivity contribution in [1.82, 2.24) is 15.3 Å². The Hall–Kier alpha value is -2.59. The average molecular weight is 382 g/mol. The van der Waals surface area contributed by atoms with Gasteiger partial charge in [0.25, 0.3) is 11.8 Å². The van der Waals surface area contributed by atoms with Crippen molar-refractivity contribution in [3.63, 3.8) is 0 Å². The van der Waals surface area contributed by atoms with Crippen LogP contribution in [-0.2, 0) is 0 Å². The molecular weight excluding hydrogens is 360 g/mol. The van der Waals surface area contributed by atoms with E-state index in [0.717, 1.165) is 41.9 Å². The van der Waals surface area contributed by atoms with Crippen molar-refractivity contribution in [2.75, 3.05) is 5.75 Å². The molecule has 0 unspecified atom stereocenters. The van der Waals surface area contributed by atoms with Crippen LogP contribution in [0.4, 0.5) is 0 Å². The van der Waals surface area contributed by atoms with E-state index in [1.165, 1.54) is 12.4 Å². The quantitative estimate of drug-likeness (QED) is 0.768. The molecule has 0 saturated heterocycles. The Labute approximate surface area is 163 Å². The first kappa shape index (κ1) is 19.2. The third-order valence-electron chi connectivity index (χ3n) is 4.49. The molecule has 7 heteroatoms. The highest BCUT2D eigenvalue weighted by Gasteiger charge is 2.25. The van der Waals surface area contributed by atoms with Crippen molar-refractivity contribution in [3.8, 4) is 11.9 Å². The van der Waals surface area contributed by atoms with Gasteiger partial charge in [-0.1, -0.05) is 19.1 Å². The standard InChI is InChI=1S/C20H22N4O2S/c1-2-27-18-6-4-3-5-16(18)19(25)24-14-7-9-15(10-8-14)26-20-17(13-21)22-11-12-23-20/h3-6,11-12,14-15H,2,7-10H2,1H3,(H,24,25). The summed E-state index contributed by atoms with van der Waals surface area (Å²) in [4.78, 5) is 21.7. The third kappa shape index (κ3) is 4.98. The van der Waals surface area contributed by atoms with Gasteiger partial charge in [0.1, 0.15) is 12.2 Å². The molecule has 1 amide bonds. The molecule has 0 atom stereocenters. The summed E-state index contributed by atoms with van der Waals surface area (Å²) in [6, 6.07) is 9.85. The minimum atomic E-state index is -0.0170. The lowest BCUT2D eigenvalue weighted by molar-refractivity contribution is 0.0886. The summed E-state index contributed by atoms with van der Waals surface area (Å²) in [6.07, 6.45) is 6.27. The molecule has 0 spiro atoms. The lowest BCUT2D eigenvalue weighted by Gasteiger charge is -2.29. The second-order valence-corrected chi connectivity index (χ2v) is 7.62. The monoisotopic (exact) mass is 382 g/mol. The Morgan fingerprint density at radius 2 is 2.00 bits per heavy atom. The van der Waals surface area contributed by atoms with E-state index in [1.807, 2.05) is 30.3 Å². The summed E-state index contributed by atoms with van der Waals surface area (Å²) < 4.78 is 5.85. The maximum absolute atomic E-state index is 12.7. The molecule has 0 radical (unpaired) electrons. The highest BCUT2D eigenvalue weighted by atomic mass is 32.2. The van der Waals surface area contributed by atoms with Gasteiger partial charge in [0, 0.05) is 23.3 Å². The fourth-order valence-electron chi connectivity index (χ4n) is 3.17. The minimum Gasteiger partial charge on any atom is -0.472 e. The number of nitriles is 1. The average Bonchev–Trinajstić information content (AvgIpc) is 2.70. The number of carbonyl (C=O) groups is 1. The number of hydrogen-bond donors (Lipinski definition) is 1. The van der Waals surface area contributed by atoms with E-state index in [4.69, 9.17) is 10.00 Å². The van der Waals surface area contributed by atoms with Crippen LogP contribution < -0.4 is 10.1 Å². The Bertz CT molecular complexity index is 829. The number of carbonyl (C=O) groups excluding carboxylic acids is 1. The Morgan fingerprint density at radius 3 is 2.74 bits per heavy atom. The van der Waals surface area contributed by atoms with Crippen LogP contribution >= 0.6 is 11.8 Å². The largest absolute Gasteiger partial charge is 0.472 e. The van der Waals surface area contributed by atoms with Gasteiger partial charge in [-0.3, -0.25) is 4.79 Å². The first-order valence-electron chi connectivity index (χ1n) is 9.11. The van der Waals surface area contributed by atoms with Crippen LogP contribution in [0.2, 0.25) is 0 Å². The van der Waals surface area contributed by atoms with Crippen LogP contribution in [0, 0.1) is 11.3 Å². The molecule has 1 aliphatic rings. The summed E-state index contributed by atoms with van der Waals surface area (Å²) in [6.45, 7) is 2.08. The number of hydrogen-bond acceptors (Lipinski definition) is 6. The summed E-state index contributed by atoms with van der Waals surface area (Å²) in [7, 11) is 0. The number of thioether (sulfide) groups is 1. The zero-order valence-electron chi connectivity index (χ0n) is 15.2. The Kier molecular flexibility index (Phi) is 6.66. The zero-order valence-corrected chi connectivity index (χ0v) is 16.0. The van der Waals surface area contributed by atoms with Crippen LogP contribution in [0.3, 0.4) is 0 Å². The van der Waals surface area contributed by atoms with Crippen molar-refractivity contribution in [1.29, 1.82) is 5.26 Å². The molecule has 1 aromatic carbocycles. The topological polar surface area (TPSA) is 87.9 Å². The number of ether oxygens (including phenoxy) is 1. The summed E-state index contributed by atoms with van der Waals surface area (Å²) in [5, 5.41) is 12.2. The fourth-order valence-corrected chi connectivity index (χ4v) is 3.97. The molecule has 0 bridgehead atoms. The number of benzene rings is 1. The van der Waals surface area contributed by atoms with Crippen LogP contribution in [0.1, 0.15) is 48.7 Å². The lowest BCUT2D eigenvalue weighted by Crippen LogP contribution is -2.40. The van der Waals surface area contributed by atoms with E-state index < -0.39 is 0 Å². The molecule has 27 heavy (non-hydrogen) atoms. The van der Waals surface area contributed by atoms with Crippen LogP contribution in [0.25, 0.3) is 0 Å². The second-order valence-electron chi connectivity index (χ2n) is 6.32. The molecule has 140 valence electrons. The molecule has 1 fully saturated rings. The van der Waals surface area contributed by atoms with Gasteiger partial charge in [0.05, 0.1) is 5.56 Å². The van der Waals surface area contributed by atoms with E-state index >= 15 is 0 Å². The van der Waals surface area contributed by atoms with Gasteiger partial charge < -0.3 is 10.1 Å². The third-order valence-corrected chi connectivity index (χ3v) is 5.45. The minimum absolute atomic E-state index is 0.00937. The van der Waals surface area contributed by atoms with Crippen LogP contribution in [0.5, 0.6) is 5.88 Å². The normalized spacial score (nSPS) is 19.1. The van der Waals surface area contributed by atoms with Gasteiger partial charge in [0.15, 0.2) is 0 Å². The fraction of sp³-hybridized carbons (Fsp3) is 0.400. The van der Waals surface area contributed by atoms with Crippen molar-refractivity contribution < 1.29 is 9.53 Å². The van der Waals surface area contributed by atoms with Gasteiger partial charge in [-0.2, -0.15) is 5.26 Å². The van der Waals surface area contributed by atoms with Crippen molar-refractivity contribution in [3.05, 3.63) is 47.9 Å². The van der Waals surface area contributed by atoms with E-state index in [0.29, 0.717) is 0 Å². The number of nitrogens with zero attached hydrogens (tertiary/aromatic N) is 3. The maximum atomic E-state index is 12.7. The van der Waals surface area contributed by atoms with Gasteiger partial charge >= 0.3 is 0 Å². The first-order valence-corrected chi connectivity index (χ1v) is 10.1. The first-order chi connectivity index (χ1) is 13.2. The number of aromatic nitrogens is 2. The van der Waals surface area contributed by atoms with Crippen molar-refractivity contribution in [2.45, 2.75) is 49.6 Å². The SMILES string of the molecule is CCSc1ccccc1C(=O)NC1CCC(Oc2nccnc2C#N)CC1. The second kappa shape index (κ2) is 9.38. The van der Waals surface area contributed by atoms with Gasteiger partial charge in [-0.15, -0.1) is 11.8 Å². The maximum Gasteiger partial charge on any atom is 0.252 e. The number of rotatable bonds is 6. The zero-order chi connectivity index (χ0) is 19.1. The van der Waals surface area contributed by atoms with Crippen LogP contribution in [-0.4, -0.2) is 33.8 Å². The predicted octanol–water partition coefficient (Wildman–Crippen LogP) is 3.58. The molecule has 1 aliphatic carbocycles. The van der Waals surface area contributed by atoms with Crippen molar-refractivity contribution in [2.24, 2.45) is 0 Å². The lowest BCUT2D eigenvalue weighted by atomic mass is 9.92. The van der Waals surface area contributed by atoms with E-state index in [-0.39, 0.29) is 29.6 Å². The number of amides is 1. The molecule has 1 N–H and O–H groups in total. The molecule has 1 heterocycles. The van der Waals surface area contributed by atoms with E-state index in [1.54, 1.807) is 11.8 Å². The van der Waals surface area contributed by atoms with Crippen molar-refractivity contribution >= 4 is 17.7 Å². The molecule has 3 rings (SSSR count). The van der Waals surface area contributed by atoms with E-state index in [2.05, 4.69) is 22.2 Å². The van der Waals surface area contributed by atoms with Gasteiger partial charge in [0.2, 0.25) is 5.69 Å². The highest BCUT2D eigenvalue weighted by molar-refractivity contribution is 7.99. The number of nitrogens with one attached hydrogen (secondary N) is 1. The van der Waals surface area contributed by atoms with E-state index in [9.17, 15) is 4.79 Å². The molecule has 6 nitrogen and oxygen atoms in total. The summed E-state index contributed by atoms with van der Waals surface area (Å²) in [5.41, 5.74) is 0.943.